The van der Waals surface area contributed by atoms with Crippen LogP contribution in [0.15, 0.2) is 29.7 Å². The van der Waals surface area contributed by atoms with Crippen molar-refractivity contribution in [3.05, 3.63) is 34.5 Å². The van der Waals surface area contributed by atoms with E-state index >= 15 is 0 Å². The molecule has 2 fully saturated rings. The van der Waals surface area contributed by atoms with Gasteiger partial charge in [0.15, 0.2) is 0 Å². The fraction of sp³-hybridized carbons (Fsp3) is 0.680. The van der Waals surface area contributed by atoms with Crippen LogP contribution in [0.3, 0.4) is 0 Å². The summed E-state index contributed by atoms with van der Waals surface area (Å²) in [6, 6.07) is 4.05. The monoisotopic (exact) mass is 459 g/mol. The molecular weight excluding hydrogens is 422 g/mol. The molecule has 1 aromatic rings. The number of rotatable bonds is 11. The standard InChI is InChI=1S/C25H37N3O3S/c1-17(2)13-27(14-18(3)4)11-6-10-26-23(29)21-20-8-9-25(31-20)16-28(24(30)22(21)25)15-19-7-5-12-32-19/h5,7-9,12,17-18,20-22H,6,10-11,13-16H2,1-4H3,(H,26,29)/t20-,21-,22-,25+/m0/s1. The molecule has 6 nitrogen and oxygen atoms in total. The predicted octanol–water partition coefficient (Wildman–Crippen LogP) is 3.15. The summed E-state index contributed by atoms with van der Waals surface area (Å²) in [5.41, 5.74) is -0.633. The van der Waals surface area contributed by atoms with Gasteiger partial charge in [-0.25, -0.2) is 0 Å². The maximum absolute atomic E-state index is 13.3. The second kappa shape index (κ2) is 9.65. The lowest BCUT2D eigenvalue weighted by atomic mass is 9.77. The molecule has 7 heteroatoms. The number of carbonyl (C=O) groups excluding carboxylic acids is 2. The van der Waals surface area contributed by atoms with Crippen LogP contribution in [0.5, 0.6) is 0 Å². The summed E-state index contributed by atoms with van der Waals surface area (Å²) in [6.07, 6.45) is 4.63. The van der Waals surface area contributed by atoms with Crippen molar-refractivity contribution in [2.24, 2.45) is 23.7 Å². The average Bonchev–Trinajstić information content (AvgIpc) is 3.47. The molecule has 1 N–H and O–H groups in total. The zero-order chi connectivity index (χ0) is 22.9. The molecule has 2 saturated heterocycles. The second-order valence-corrected chi connectivity index (χ2v) is 11.4. The van der Waals surface area contributed by atoms with Gasteiger partial charge in [0.2, 0.25) is 11.8 Å². The molecule has 4 rings (SSSR count). The lowest BCUT2D eigenvalue weighted by Gasteiger charge is -2.26. The molecule has 2 amide bonds. The molecule has 0 unspecified atom stereocenters. The lowest BCUT2D eigenvalue weighted by molar-refractivity contribution is -0.137. The molecule has 4 heterocycles. The maximum Gasteiger partial charge on any atom is 0.230 e. The summed E-state index contributed by atoms with van der Waals surface area (Å²) in [5, 5.41) is 5.14. The van der Waals surface area contributed by atoms with Crippen molar-refractivity contribution in [1.82, 2.24) is 15.1 Å². The SMILES string of the molecule is CC(C)CN(CCCNC(=O)[C@H]1[C@@H]2C=C[C@]3(CN(Cc4cccs4)C(=O)[C@H]13)O2)CC(C)C. The van der Waals surface area contributed by atoms with Crippen molar-refractivity contribution in [2.75, 3.05) is 32.7 Å². The van der Waals surface area contributed by atoms with Crippen LogP contribution in [0.1, 0.15) is 39.0 Å². The summed E-state index contributed by atoms with van der Waals surface area (Å²) in [7, 11) is 0. The highest BCUT2D eigenvalue weighted by atomic mass is 32.1. The summed E-state index contributed by atoms with van der Waals surface area (Å²) in [6.45, 7) is 13.9. The van der Waals surface area contributed by atoms with E-state index in [1.165, 1.54) is 0 Å². The van der Waals surface area contributed by atoms with Crippen molar-refractivity contribution in [3.63, 3.8) is 0 Å². The van der Waals surface area contributed by atoms with Gasteiger partial charge < -0.3 is 19.9 Å². The van der Waals surface area contributed by atoms with Gasteiger partial charge >= 0.3 is 0 Å². The molecule has 176 valence electrons. The molecule has 3 aliphatic rings. The zero-order valence-corrected chi connectivity index (χ0v) is 20.6. The number of carbonyl (C=O) groups is 2. The Bertz CT molecular complexity index is 827. The Morgan fingerprint density at radius 2 is 2.06 bits per heavy atom. The summed E-state index contributed by atoms with van der Waals surface area (Å²) in [4.78, 5) is 31.9. The third-order valence-electron chi connectivity index (χ3n) is 6.61. The topological polar surface area (TPSA) is 61.9 Å². The second-order valence-electron chi connectivity index (χ2n) is 10.4. The van der Waals surface area contributed by atoms with Crippen LogP contribution in [0.4, 0.5) is 0 Å². The van der Waals surface area contributed by atoms with Gasteiger partial charge in [-0.15, -0.1) is 11.3 Å². The Morgan fingerprint density at radius 1 is 1.31 bits per heavy atom. The van der Waals surface area contributed by atoms with Gasteiger partial charge in [-0.1, -0.05) is 45.9 Å². The smallest absolute Gasteiger partial charge is 0.230 e. The van der Waals surface area contributed by atoms with E-state index < -0.39 is 17.4 Å². The van der Waals surface area contributed by atoms with E-state index in [0.717, 1.165) is 30.9 Å². The van der Waals surface area contributed by atoms with Crippen molar-refractivity contribution in [3.8, 4) is 0 Å². The van der Waals surface area contributed by atoms with Crippen molar-refractivity contribution in [1.29, 1.82) is 0 Å². The van der Waals surface area contributed by atoms with Crippen LogP contribution < -0.4 is 5.32 Å². The first-order chi connectivity index (χ1) is 15.3. The van der Waals surface area contributed by atoms with Crippen molar-refractivity contribution in [2.45, 2.75) is 52.4 Å². The van der Waals surface area contributed by atoms with Gasteiger partial charge in [0.25, 0.3) is 0 Å². The molecule has 0 radical (unpaired) electrons. The molecule has 0 saturated carbocycles. The molecule has 3 aliphatic heterocycles. The third-order valence-corrected chi connectivity index (χ3v) is 7.47. The average molecular weight is 460 g/mol. The third kappa shape index (κ3) is 4.80. The summed E-state index contributed by atoms with van der Waals surface area (Å²) >= 11 is 1.65. The number of amides is 2. The number of nitrogens with zero attached hydrogens (tertiary/aromatic N) is 2. The van der Waals surface area contributed by atoms with Crippen LogP contribution in [0.25, 0.3) is 0 Å². The number of hydrogen-bond acceptors (Lipinski definition) is 5. The molecule has 1 spiro atoms. The molecule has 0 aliphatic carbocycles. The number of nitrogens with one attached hydrogen (secondary N) is 1. The van der Waals surface area contributed by atoms with Gasteiger partial charge in [-0.05, 0) is 36.2 Å². The van der Waals surface area contributed by atoms with Gasteiger partial charge in [0.05, 0.1) is 31.0 Å². The van der Waals surface area contributed by atoms with E-state index in [2.05, 4.69) is 37.9 Å². The first-order valence-electron chi connectivity index (χ1n) is 12.0. The molecular formula is C25H37N3O3S. The molecule has 32 heavy (non-hydrogen) atoms. The minimum absolute atomic E-state index is 0.0446. The van der Waals surface area contributed by atoms with Crippen LogP contribution in [0.2, 0.25) is 0 Å². The highest BCUT2D eigenvalue weighted by Gasteiger charge is 2.66. The molecule has 4 atom stereocenters. The maximum atomic E-state index is 13.3. The van der Waals surface area contributed by atoms with Crippen LogP contribution in [0, 0.1) is 23.7 Å². The van der Waals surface area contributed by atoms with E-state index in [9.17, 15) is 9.59 Å². The number of likely N-dealkylation sites (tertiary alicyclic amines) is 1. The van der Waals surface area contributed by atoms with E-state index in [4.69, 9.17) is 4.74 Å². The normalized spacial score (nSPS) is 28.5. The van der Waals surface area contributed by atoms with Gasteiger partial charge in [0.1, 0.15) is 5.60 Å². The fourth-order valence-electron chi connectivity index (χ4n) is 5.52. The van der Waals surface area contributed by atoms with Crippen molar-refractivity contribution < 1.29 is 14.3 Å². The highest BCUT2D eigenvalue weighted by Crippen LogP contribution is 2.52. The highest BCUT2D eigenvalue weighted by molar-refractivity contribution is 7.09. The molecule has 0 aromatic carbocycles. The quantitative estimate of drug-likeness (QED) is 0.408. The first kappa shape index (κ1) is 23.5. The summed E-state index contributed by atoms with van der Waals surface area (Å²) in [5.74, 6) is 0.424. The number of ether oxygens (including phenoxy) is 1. The van der Waals surface area contributed by atoms with E-state index in [-0.39, 0.29) is 17.9 Å². The lowest BCUT2D eigenvalue weighted by Crippen LogP contribution is -2.44. The minimum Gasteiger partial charge on any atom is -0.360 e. The molecule has 1 aromatic heterocycles. The first-order valence-corrected chi connectivity index (χ1v) is 12.9. The van der Waals surface area contributed by atoms with E-state index in [1.807, 2.05) is 34.6 Å². The largest absolute Gasteiger partial charge is 0.360 e. The number of fused-ring (bicyclic) bond motifs is 1. The van der Waals surface area contributed by atoms with Crippen LogP contribution in [-0.4, -0.2) is 66.0 Å². The van der Waals surface area contributed by atoms with Gasteiger partial charge in [-0.3, -0.25) is 9.59 Å². The Balaban J connectivity index is 1.32. The number of hydrogen-bond donors (Lipinski definition) is 1. The van der Waals surface area contributed by atoms with Gasteiger partial charge in [-0.2, -0.15) is 0 Å². The van der Waals surface area contributed by atoms with Crippen LogP contribution in [-0.2, 0) is 20.9 Å². The molecule has 2 bridgehead atoms. The Kier molecular flexibility index (Phi) is 7.08. The Hall–Kier alpha value is -1.70. The fourth-order valence-corrected chi connectivity index (χ4v) is 6.24. The van der Waals surface area contributed by atoms with Crippen LogP contribution >= 0.6 is 11.3 Å². The number of thiophene rings is 1. The van der Waals surface area contributed by atoms with Gasteiger partial charge in [0, 0.05) is 24.5 Å². The van der Waals surface area contributed by atoms with E-state index in [0.29, 0.717) is 31.5 Å². The Labute approximate surface area is 196 Å². The van der Waals surface area contributed by atoms with E-state index in [1.54, 1.807) is 11.3 Å². The predicted molar refractivity (Wildman–Crippen MR) is 127 cm³/mol. The minimum atomic E-state index is -0.633. The zero-order valence-electron chi connectivity index (χ0n) is 19.8. The summed E-state index contributed by atoms with van der Waals surface area (Å²) < 4.78 is 6.23. The van der Waals surface area contributed by atoms with Crippen molar-refractivity contribution >= 4 is 23.2 Å². The Morgan fingerprint density at radius 3 is 2.72 bits per heavy atom.